The maximum absolute atomic E-state index is 13.4. The first kappa shape index (κ1) is 13.7. The first-order chi connectivity index (χ1) is 9.04. The van der Waals surface area contributed by atoms with Crippen molar-refractivity contribution >= 4 is 17.4 Å². The zero-order valence-electron chi connectivity index (χ0n) is 10.2. The molecule has 1 heterocycles. The summed E-state index contributed by atoms with van der Waals surface area (Å²) in [5.74, 6) is -0.775. The van der Waals surface area contributed by atoms with Crippen molar-refractivity contribution in [1.82, 2.24) is 9.97 Å². The number of benzene rings is 1. The molecule has 2 rings (SSSR count). The first-order valence-corrected chi connectivity index (χ1v) is 6.11. The van der Waals surface area contributed by atoms with Crippen molar-refractivity contribution in [3.8, 4) is 0 Å². The lowest BCUT2D eigenvalue weighted by molar-refractivity contribution is 0.611. The van der Waals surface area contributed by atoms with Crippen LogP contribution in [0.3, 0.4) is 0 Å². The third kappa shape index (κ3) is 3.86. The molecule has 1 atom stereocenters. The Hall–Kier alpha value is -1.75. The van der Waals surface area contributed by atoms with Gasteiger partial charge in [0.1, 0.15) is 5.82 Å². The van der Waals surface area contributed by atoms with Gasteiger partial charge in [-0.3, -0.25) is 0 Å². The Labute approximate surface area is 114 Å². The standard InChI is InChI=1S/C13H12ClF2N3/c1-8(6-9-2-4-10(15)5-3-9)18-12-11(16)7-17-13(14)19-12/h2-5,7-8H,6H2,1H3,(H,17,18,19). The maximum atomic E-state index is 13.4. The van der Waals surface area contributed by atoms with E-state index in [2.05, 4.69) is 15.3 Å². The zero-order valence-corrected chi connectivity index (χ0v) is 11.0. The maximum Gasteiger partial charge on any atom is 0.224 e. The minimum absolute atomic E-state index is 0.0158. The van der Waals surface area contributed by atoms with Gasteiger partial charge in [0.15, 0.2) is 11.6 Å². The molecule has 0 spiro atoms. The van der Waals surface area contributed by atoms with Crippen LogP contribution in [0.1, 0.15) is 12.5 Å². The van der Waals surface area contributed by atoms with E-state index in [0.29, 0.717) is 6.42 Å². The van der Waals surface area contributed by atoms with Gasteiger partial charge >= 0.3 is 0 Å². The summed E-state index contributed by atoms with van der Waals surface area (Å²) in [5.41, 5.74) is 0.946. The van der Waals surface area contributed by atoms with Gasteiger partial charge < -0.3 is 5.32 Å². The minimum atomic E-state index is -0.560. The third-order valence-electron chi connectivity index (χ3n) is 2.55. The smallest absolute Gasteiger partial charge is 0.224 e. The van der Waals surface area contributed by atoms with E-state index in [9.17, 15) is 8.78 Å². The zero-order chi connectivity index (χ0) is 13.8. The van der Waals surface area contributed by atoms with Crippen LogP contribution >= 0.6 is 11.6 Å². The summed E-state index contributed by atoms with van der Waals surface area (Å²) in [6.07, 6.45) is 1.63. The molecule has 3 nitrogen and oxygen atoms in total. The largest absolute Gasteiger partial charge is 0.365 e. The van der Waals surface area contributed by atoms with Crippen LogP contribution in [0, 0.1) is 11.6 Å². The van der Waals surface area contributed by atoms with Crippen molar-refractivity contribution in [2.24, 2.45) is 0 Å². The van der Waals surface area contributed by atoms with Crippen LogP contribution in [0.5, 0.6) is 0 Å². The molecule has 0 aliphatic rings. The Morgan fingerprint density at radius 3 is 2.63 bits per heavy atom. The summed E-state index contributed by atoms with van der Waals surface area (Å²) in [6, 6.07) is 6.09. The molecule has 0 fully saturated rings. The fourth-order valence-electron chi connectivity index (χ4n) is 1.71. The van der Waals surface area contributed by atoms with Gasteiger partial charge in [-0.05, 0) is 42.6 Å². The molecule has 6 heteroatoms. The Balaban J connectivity index is 2.02. The van der Waals surface area contributed by atoms with Crippen molar-refractivity contribution in [2.45, 2.75) is 19.4 Å². The van der Waals surface area contributed by atoms with E-state index in [4.69, 9.17) is 11.6 Å². The van der Waals surface area contributed by atoms with E-state index in [1.807, 2.05) is 6.92 Å². The molecule has 0 radical (unpaired) electrons. The second-order valence-corrected chi connectivity index (χ2v) is 4.55. The molecule has 0 bridgehead atoms. The Kier molecular flexibility index (Phi) is 4.27. The molecule has 1 N–H and O–H groups in total. The molecular weight excluding hydrogens is 272 g/mol. The van der Waals surface area contributed by atoms with Crippen LogP contribution in [-0.4, -0.2) is 16.0 Å². The first-order valence-electron chi connectivity index (χ1n) is 5.73. The molecule has 0 aliphatic heterocycles. The van der Waals surface area contributed by atoms with Gasteiger partial charge in [0, 0.05) is 6.04 Å². The Morgan fingerprint density at radius 1 is 1.26 bits per heavy atom. The molecule has 100 valence electrons. The quantitative estimate of drug-likeness (QED) is 0.873. The lowest BCUT2D eigenvalue weighted by Gasteiger charge is -2.15. The molecule has 1 aromatic carbocycles. The van der Waals surface area contributed by atoms with Gasteiger partial charge in [-0.15, -0.1) is 0 Å². The molecule has 19 heavy (non-hydrogen) atoms. The second-order valence-electron chi connectivity index (χ2n) is 4.21. The monoisotopic (exact) mass is 283 g/mol. The van der Waals surface area contributed by atoms with Gasteiger partial charge in [-0.2, -0.15) is 4.98 Å². The molecule has 0 saturated carbocycles. The van der Waals surface area contributed by atoms with E-state index in [-0.39, 0.29) is 23.0 Å². The number of anilines is 1. The van der Waals surface area contributed by atoms with Crippen LogP contribution in [0.25, 0.3) is 0 Å². The second kappa shape index (κ2) is 5.93. The summed E-state index contributed by atoms with van der Waals surface area (Å²) in [6.45, 7) is 1.87. The highest BCUT2D eigenvalue weighted by Crippen LogP contribution is 2.15. The molecule has 2 aromatic rings. The van der Waals surface area contributed by atoms with Crippen molar-refractivity contribution < 1.29 is 8.78 Å². The van der Waals surface area contributed by atoms with Crippen LogP contribution in [0.4, 0.5) is 14.6 Å². The molecule has 0 amide bonds. The summed E-state index contributed by atoms with van der Waals surface area (Å²) < 4.78 is 26.2. The fraction of sp³-hybridized carbons (Fsp3) is 0.231. The van der Waals surface area contributed by atoms with Gasteiger partial charge in [-0.25, -0.2) is 13.8 Å². The third-order valence-corrected chi connectivity index (χ3v) is 2.74. The van der Waals surface area contributed by atoms with Crippen LogP contribution in [0.15, 0.2) is 30.5 Å². The molecular formula is C13H12ClF2N3. The summed E-state index contributed by atoms with van der Waals surface area (Å²) >= 11 is 5.61. The average molecular weight is 284 g/mol. The van der Waals surface area contributed by atoms with Gasteiger partial charge in [0.05, 0.1) is 6.20 Å². The number of nitrogens with one attached hydrogen (secondary N) is 1. The van der Waals surface area contributed by atoms with Gasteiger partial charge in [-0.1, -0.05) is 12.1 Å². The van der Waals surface area contributed by atoms with Crippen molar-refractivity contribution in [2.75, 3.05) is 5.32 Å². The fourth-order valence-corrected chi connectivity index (χ4v) is 1.84. The SMILES string of the molecule is CC(Cc1ccc(F)cc1)Nc1nc(Cl)ncc1F. The van der Waals surface area contributed by atoms with Gasteiger partial charge in [0.2, 0.25) is 5.28 Å². The highest BCUT2D eigenvalue weighted by Gasteiger charge is 2.10. The van der Waals surface area contributed by atoms with E-state index in [0.717, 1.165) is 11.8 Å². The van der Waals surface area contributed by atoms with Crippen LogP contribution in [-0.2, 0) is 6.42 Å². The van der Waals surface area contributed by atoms with E-state index in [1.54, 1.807) is 12.1 Å². The lowest BCUT2D eigenvalue weighted by atomic mass is 10.1. The summed E-state index contributed by atoms with van der Waals surface area (Å²) in [7, 11) is 0. The minimum Gasteiger partial charge on any atom is -0.365 e. The van der Waals surface area contributed by atoms with Crippen LogP contribution in [0.2, 0.25) is 5.28 Å². The van der Waals surface area contributed by atoms with E-state index < -0.39 is 5.82 Å². The van der Waals surface area contributed by atoms with E-state index >= 15 is 0 Å². The van der Waals surface area contributed by atoms with Gasteiger partial charge in [0.25, 0.3) is 0 Å². The predicted molar refractivity (Wildman–Crippen MR) is 70.2 cm³/mol. The van der Waals surface area contributed by atoms with E-state index in [1.165, 1.54) is 12.1 Å². The van der Waals surface area contributed by atoms with Crippen molar-refractivity contribution in [1.29, 1.82) is 0 Å². The lowest BCUT2D eigenvalue weighted by Crippen LogP contribution is -2.20. The Morgan fingerprint density at radius 2 is 1.95 bits per heavy atom. The number of nitrogens with zero attached hydrogens (tertiary/aromatic N) is 2. The van der Waals surface area contributed by atoms with Crippen molar-refractivity contribution in [3.05, 3.63) is 52.9 Å². The van der Waals surface area contributed by atoms with Crippen LogP contribution < -0.4 is 5.32 Å². The number of rotatable bonds is 4. The summed E-state index contributed by atoms with van der Waals surface area (Å²) in [5, 5.41) is 2.89. The molecule has 1 aromatic heterocycles. The number of hydrogen-bond donors (Lipinski definition) is 1. The normalized spacial score (nSPS) is 12.2. The summed E-state index contributed by atoms with van der Waals surface area (Å²) in [4.78, 5) is 7.31. The molecule has 0 aliphatic carbocycles. The molecule has 0 saturated heterocycles. The number of aromatic nitrogens is 2. The molecule has 1 unspecified atom stereocenters. The highest BCUT2D eigenvalue weighted by atomic mass is 35.5. The topological polar surface area (TPSA) is 37.8 Å². The van der Waals surface area contributed by atoms with Crippen molar-refractivity contribution in [3.63, 3.8) is 0 Å². The average Bonchev–Trinajstić information content (AvgIpc) is 2.37. The number of halogens is 3. The highest BCUT2D eigenvalue weighted by molar-refractivity contribution is 6.28. The number of hydrogen-bond acceptors (Lipinski definition) is 3. The predicted octanol–water partition coefficient (Wildman–Crippen LogP) is 3.45. The Bertz CT molecular complexity index is 560.